The molecule has 0 spiro atoms. The van der Waals surface area contributed by atoms with Crippen LogP contribution in [0.25, 0.3) is 0 Å². The van der Waals surface area contributed by atoms with Crippen molar-refractivity contribution in [1.29, 1.82) is 0 Å². The van der Waals surface area contributed by atoms with E-state index in [1.165, 1.54) is 37.4 Å². The maximum absolute atomic E-state index is 5.87. The fourth-order valence-corrected chi connectivity index (χ4v) is 2.99. The maximum atomic E-state index is 5.87. The number of hydrogen-bond acceptors (Lipinski definition) is 4. The Kier molecular flexibility index (Phi) is 4.21. The van der Waals surface area contributed by atoms with Crippen molar-refractivity contribution < 1.29 is 0 Å². The third-order valence-corrected chi connectivity index (χ3v) is 4.22. The molecule has 3 nitrogen and oxygen atoms in total. The molecule has 2 heterocycles. The summed E-state index contributed by atoms with van der Waals surface area (Å²) in [7, 11) is 0. The lowest BCUT2D eigenvalue weighted by molar-refractivity contribution is 0.198. The van der Waals surface area contributed by atoms with E-state index in [1.54, 1.807) is 11.3 Å². The summed E-state index contributed by atoms with van der Waals surface area (Å²) in [4.78, 5) is 3.78. The van der Waals surface area contributed by atoms with E-state index in [-0.39, 0.29) is 0 Å². The smallest absolute Gasteiger partial charge is 0.0468 e. The molecule has 1 fully saturated rings. The average Bonchev–Trinajstić information content (AvgIpc) is 2.72. The van der Waals surface area contributed by atoms with Crippen LogP contribution in [0, 0.1) is 0 Å². The molecule has 0 saturated carbocycles. The normalized spacial score (nSPS) is 22.4. The third kappa shape index (κ3) is 2.97. The van der Waals surface area contributed by atoms with Crippen molar-refractivity contribution in [2.24, 2.45) is 0 Å². The number of nitrogens with one attached hydrogen (secondary N) is 1. The first-order valence-electron chi connectivity index (χ1n) is 6.07. The van der Waals surface area contributed by atoms with Crippen LogP contribution in [-0.4, -0.2) is 30.6 Å². The molecule has 1 atom stereocenters. The number of piperidine rings is 1. The molecule has 0 bridgehead atoms. The van der Waals surface area contributed by atoms with Gasteiger partial charge in [-0.25, -0.2) is 0 Å². The quantitative estimate of drug-likeness (QED) is 0.843. The van der Waals surface area contributed by atoms with Crippen molar-refractivity contribution in [2.45, 2.75) is 32.4 Å². The Labute approximate surface area is 102 Å². The molecule has 1 aliphatic rings. The summed E-state index contributed by atoms with van der Waals surface area (Å²) in [5.74, 6) is 0. The lowest BCUT2D eigenvalue weighted by Crippen LogP contribution is -2.45. The molecule has 2 rings (SSSR count). The summed E-state index contributed by atoms with van der Waals surface area (Å²) in [6, 6.07) is 2.62. The van der Waals surface area contributed by atoms with E-state index in [1.807, 2.05) is 6.07 Å². The number of rotatable bonds is 4. The lowest BCUT2D eigenvalue weighted by Gasteiger charge is -2.32. The Hall–Kier alpha value is -0.580. The Morgan fingerprint density at radius 2 is 2.50 bits per heavy atom. The van der Waals surface area contributed by atoms with Gasteiger partial charge in [-0.15, -0.1) is 11.3 Å². The molecule has 16 heavy (non-hydrogen) atoms. The molecule has 0 amide bonds. The van der Waals surface area contributed by atoms with Gasteiger partial charge in [0.05, 0.1) is 0 Å². The van der Waals surface area contributed by atoms with Gasteiger partial charge >= 0.3 is 0 Å². The summed E-state index contributed by atoms with van der Waals surface area (Å²) in [6.45, 7) is 6.77. The molecule has 1 unspecified atom stereocenters. The summed E-state index contributed by atoms with van der Waals surface area (Å²) in [5.41, 5.74) is 6.80. The van der Waals surface area contributed by atoms with Gasteiger partial charge in [0, 0.05) is 29.7 Å². The van der Waals surface area contributed by atoms with Crippen molar-refractivity contribution in [3.63, 3.8) is 0 Å². The minimum absolute atomic E-state index is 0.634. The topological polar surface area (TPSA) is 41.3 Å². The van der Waals surface area contributed by atoms with Gasteiger partial charge in [-0.3, -0.25) is 0 Å². The highest BCUT2D eigenvalue weighted by Gasteiger charge is 2.18. The van der Waals surface area contributed by atoms with Gasteiger partial charge in [0.25, 0.3) is 0 Å². The first-order valence-corrected chi connectivity index (χ1v) is 6.95. The molecule has 90 valence electrons. The van der Waals surface area contributed by atoms with Crippen molar-refractivity contribution in [2.75, 3.05) is 25.4 Å². The molecule has 4 heteroatoms. The molecular weight excluding hydrogens is 218 g/mol. The number of nitrogen functional groups attached to an aromatic ring is 1. The van der Waals surface area contributed by atoms with Crippen LogP contribution in [0.15, 0.2) is 11.4 Å². The minimum Gasteiger partial charge on any atom is -0.398 e. The zero-order valence-corrected chi connectivity index (χ0v) is 10.7. The fourth-order valence-electron chi connectivity index (χ4n) is 2.24. The second kappa shape index (κ2) is 5.66. The van der Waals surface area contributed by atoms with Gasteiger partial charge < -0.3 is 16.0 Å². The van der Waals surface area contributed by atoms with Crippen LogP contribution in [0.3, 0.4) is 0 Å². The second-order valence-electron chi connectivity index (χ2n) is 4.41. The summed E-state index contributed by atoms with van der Waals surface area (Å²) < 4.78 is 0. The number of nitrogens with two attached hydrogens (primary N) is 1. The molecule has 1 aromatic rings. The third-order valence-electron chi connectivity index (χ3n) is 3.28. The van der Waals surface area contributed by atoms with E-state index in [0.717, 1.165) is 12.2 Å². The van der Waals surface area contributed by atoms with E-state index >= 15 is 0 Å². The summed E-state index contributed by atoms with van der Waals surface area (Å²) in [6.07, 6.45) is 2.60. The number of anilines is 1. The average molecular weight is 239 g/mol. The molecule has 3 N–H and O–H groups in total. The van der Waals surface area contributed by atoms with Crippen molar-refractivity contribution in [3.8, 4) is 0 Å². The van der Waals surface area contributed by atoms with Crippen LogP contribution in [0.1, 0.15) is 24.6 Å². The predicted octanol–water partition coefficient (Wildman–Crippen LogP) is 1.90. The number of likely N-dealkylation sites (tertiary alicyclic amines) is 1. The number of hydrogen-bond donors (Lipinski definition) is 2. The molecule has 1 saturated heterocycles. The van der Waals surface area contributed by atoms with E-state index in [9.17, 15) is 0 Å². The van der Waals surface area contributed by atoms with Gasteiger partial charge in [0.2, 0.25) is 0 Å². The van der Waals surface area contributed by atoms with Crippen LogP contribution in [0.2, 0.25) is 0 Å². The van der Waals surface area contributed by atoms with Crippen molar-refractivity contribution in [1.82, 2.24) is 10.2 Å². The van der Waals surface area contributed by atoms with Gasteiger partial charge in [-0.2, -0.15) is 0 Å². The van der Waals surface area contributed by atoms with Crippen LogP contribution < -0.4 is 11.1 Å². The van der Waals surface area contributed by atoms with Crippen LogP contribution >= 0.6 is 11.3 Å². The predicted molar refractivity (Wildman–Crippen MR) is 70.7 cm³/mol. The number of likely N-dealkylation sites (N-methyl/N-ethyl adjacent to an activating group) is 1. The van der Waals surface area contributed by atoms with Crippen LogP contribution in [0.5, 0.6) is 0 Å². The monoisotopic (exact) mass is 239 g/mol. The SMILES string of the molecule is CCN1CCCC(NCc2sccc2N)C1. The highest BCUT2D eigenvalue weighted by molar-refractivity contribution is 7.10. The zero-order chi connectivity index (χ0) is 11.4. The maximum Gasteiger partial charge on any atom is 0.0468 e. The van der Waals surface area contributed by atoms with Gasteiger partial charge in [0.15, 0.2) is 0 Å². The van der Waals surface area contributed by atoms with Gasteiger partial charge in [-0.1, -0.05) is 6.92 Å². The Balaban J connectivity index is 1.79. The first-order chi connectivity index (χ1) is 7.79. The number of nitrogens with zero attached hydrogens (tertiary/aromatic N) is 1. The van der Waals surface area contributed by atoms with E-state index in [4.69, 9.17) is 5.73 Å². The molecule has 0 aliphatic carbocycles. The van der Waals surface area contributed by atoms with Gasteiger partial charge in [0.1, 0.15) is 0 Å². The van der Waals surface area contributed by atoms with Crippen molar-refractivity contribution in [3.05, 3.63) is 16.3 Å². The zero-order valence-electron chi connectivity index (χ0n) is 9.91. The number of thiophene rings is 1. The standard InChI is InChI=1S/C12H21N3S/c1-2-15-6-3-4-10(9-15)14-8-12-11(13)5-7-16-12/h5,7,10,14H,2-4,6,8-9,13H2,1H3. The Bertz CT molecular complexity index is 324. The molecule has 0 aromatic carbocycles. The highest BCUT2D eigenvalue weighted by atomic mass is 32.1. The molecule has 1 aromatic heterocycles. The van der Waals surface area contributed by atoms with Crippen LogP contribution in [-0.2, 0) is 6.54 Å². The second-order valence-corrected chi connectivity index (χ2v) is 5.41. The Morgan fingerprint density at radius 1 is 1.62 bits per heavy atom. The first kappa shape index (κ1) is 11.9. The summed E-state index contributed by atoms with van der Waals surface area (Å²) >= 11 is 1.74. The molecular formula is C12H21N3S. The lowest BCUT2D eigenvalue weighted by atomic mass is 10.1. The van der Waals surface area contributed by atoms with E-state index in [0.29, 0.717) is 6.04 Å². The highest BCUT2D eigenvalue weighted by Crippen LogP contribution is 2.19. The Morgan fingerprint density at radius 3 is 3.19 bits per heavy atom. The van der Waals surface area contributed by atoms with E-state index < -0.39 is 0 Å². The van der Waals surface area contributed by atoms with Crippen LogP contribution in [0.4, 0.5) is 5.69 Å². The van der Waals surface area contributed by atoms with Crippen molar-refractivity contribution >= 4 is 17.0 Å². The van der Waals surface area contributed by atoms with Gasteiger partial charge in [-0.05, 0) is 37.4 Å². The largest absolute Gasteiger partial charge is 0.398 e. The van der Waals surface area contributed by atoms with E-state index in [2.05, 4.69) is 22.5 Å². The molecule has 0 radical (unpaired) electrons. The summed E-state index contributed by atoms with van der Waals surface area (Å²) in [5, 5.41) is 5.68. The fraction of sp³-hybridized carbons (Fsp3) is 0.667. The minimum atomic E-state index is 0.634. The molecule has 1 aliphatic heterocycles.